The third kappa shape index (κ3) is 2.28. The van der Waals surface area contributed by atoms with Gasteiger partial charge in [0.2, 0.25) is 5.91 Å². The fourth-order valence-corrected chi connectivity index (χ4v) is 4.09. The molecule has 2 aliphatic heterocycles. The average Bonchev–Trinajstić information content (AvgIpc) is 3.31. The van der Waals surface area contributed by atoms with E-state index in [2.05, 4.69) is 10.00 Å². The van der Waals surface area contributed by atoms with Crippen LogP contribution in [0.1, 0.15) is 12.8 Å². The Balaban J connectivity index is 1.40. The molecule has 25 heavy (non-hydrogen) atoms. The van der Waals surface area contributed by atoms with E-state index in [0.717, 1.165) is 38.1 Å². The second-order valence-electron chi connectivity index (χ2n) is 6.84. The summed E-state index contributed by atoms with van der Waals surface area (Å²) in [7, 11) is 0. The molecule has 5 rings (SSSR count). The van der Waals surface area contributed by atoms with E-state index < -0.39 is 0 Å². The minimum Gasteiger partial charge on any atom is -0.463 e. The molecule has 0 bridgehead atoms. The molecule has 130 valence electrons. The van der Waals surface area contributed by atoms with Gasteiger partial charge in [-0.05, 0) is 19.4 Å². The van der Waals surface area contributed by atoms with Crippen molar-refractivity contribution in [2.45, 2.75) is 25.4 Å². The van der Waals surface area contributed by atoms with Gasteiger partial charge in [0.05, 0.1) is 11.8 Å². The topological polar surface area (TPSA) is 76.0 Å². The summed E-state index contributed by atoms with van der Waals surface area (Å²) in [6.45, 7) is 3.53. The lowest BCUT2D eigenvalue weighted by molar-refractivity contribution is -0.134. The van der Waals surface area contributed by atoms with Crippen LogP contribution >= 0.6 is 0 Å². The van der Waals surface area contributed by atoms with Crippen molar-refractivity contribution < 1.29 is 9.21 Å². The Bertz CT molecular complexity index is 1020. The van der Waals surface area contributed by atoms with Crippen LogP contribution in [-0.2, 0) is 11.3 Å². The Kier molecular flexibility index (Phi) is 3.21. The molecule has 2 saturated heterocycles. The van der Waals surface area contributed by atoms with E-state index in [1.807, 2.05) is 4.90 Å². The Morgan fingerprint density at radius 1 is 1.28 bits per heavy atom. The second-order valence-corrected chi connectivity index (χ2v) is 6.84. The summed E-state index contributed by atoms with van der Waals surface area (Å²) >= 11 is 0. The van der Waals surface area contributed by atoms with Crippen LogP contribution in [0.2, 0.25) is 0 Å². The molecule has 0 radical (unpaired) electrons. The van der Waals surface area contributed by atoms with Crippen molar-refractivity contribution in [3.63, 3.8) is 0 Å². The highest BCUT2D eigenvalue weighted by molar-refractivity contribution is 5.82. The van der Waals surface area contributed by atoms with Gasteiger partial charge in [0.1, 0.15) is 18.4 Å². The zero-order valence-corrected chi connectivity index (χ0v) is 13.8. The maximum Gasteiger partial charge on any atom is 0.291 e. The number of hydrogen-bond donors (Lipinski definition) is 0. The number of rotatable bonds is 2. The summed E-state index contributed by atoms with van der Waals surface area (Å²) in [5.41, 5.74) is 1.63. The van der Waals surface area contributed by atoms with Crippen molar-refractivity contribution in [2.75, 3.05) is 26.2 Å². The van der Waals surface area contributed by atoms with Crippen LogP contribution in [0.3, 0.4) is 0 Å². The summed E-state index contributed by atoms with van der Waals surface area (Å²) in [6, 6.07) is 3.96. The monoisotopic (exact) mass is 341 g/mol. The summed E-state index contributed by atoms with van der Waals surface area (Å²) < 4.78 is 8.28. The molecule has 0 saturated carbocycles. The van der Waals surface area contributed by atoms with Gasteiger partial charge < -0.3 is 9.32 Å². The third-order valence-electron chi connectivity index (χ3n) is 5.45. The number of piperazine rings is 1. The van der Waals surface area contributed by atoms with E-state index in [1.165, 1.54) is 11.1 Å². The first kappa shape index (κ1) is 14.7. The Morgan fingerprint density at radius 3 is 3.12 bits per heavy atom. The molecule has 3 aromatic rings. The second kappa shape index (κ2) is 5.45. The highest BCUT2D eigenvalue weighted by Crippen LogP contribution is 2.21. The summed E-state index contributed by atoms with van der Waals surface area (Å²) in [5.74, 6) is -0.0410. The molecule has 1 unspecified atom stereocenters. The lowest BCUT2D eigenvalue weighted by atomic mass is 10.1. The molecule has 2 aliphatic rings. The van der Waals surface area contributed by atoms with Gasteiger partial charge in [0, 0.05) is 37.8 Å². The molecule has 0 aromatic carbocycles. The zero-order chi connectivity index (χ0) is 17.0. The number of fused-ring (bicyclic) bond motifs is 4. The Hall–Kier alpha value is -2.61. The smallest absolute Gasteiger partial charge is 0.291 e. The fourth-order valence-electron chi connectivity index (χ4n) is 4.09. The number of hydrogen-bond acceptors (Lipinski definition) is 5. The SMILES string of the molecule is O=C(Cn1ncn2c(cc3occc32)c1=O)N1CCN2CCCC2C1. The molecule has 0 aliphatic carbocycles. The van der Waals surface area contributed by atoms with E-state index in [0.29, 0.717) is 17.1 Å². The van der Waals surface area contributed by atoms with Crippen molar-refractivity contribution in [2.24, 2.45) is 0 Å². The Morgan fingerprint density at radius 2 is 2.20 bits per heavy atom. The number of carbonyl (C=O) groups is 1. The quantitative estimate of drug-likeness (QED) is 0.680. The zero-order valence-electron chi connectivity index (χ0n) is 13.8. The van der Waals surface area contributed by atoms with Gasteiger partial charge in [0.25, 0.3) is 5.56 Å². The minimum absolute atomic E-state index is 0.0192. The molecule has 8 heteroatoms. The van der Waals surface area contributed by atoms with Crippen LogP contribution < -0.4 is 5.56 Å². The third-order valence-corrected chi connectivity index (χ3v) is 5.45. The number of amides is 1. The van der Waals surface area contributed by atoms with Crippen molar-refractivity contribution in [1.29, 1.82) is 0 Å². The maximum atomic E-state index is 12.7. The molecule has 1 atom stereocenters. The first-order chi connectivity index (χ1) is 12.2. The molecule has 3 aromatic heterocycles. The van der Waals surface area contributed by atoms with Crippen molar-refractivity contribution in [3.05, 3.63) is 35.1 Å². The summed E-state index contributed by atoms with van der Waals surface area (Å²) in [5, 5.41) is 4.18. The molecule has 1 amide bonds. The predicted octanol–water partition coefficient (Wildman–Crippen LogP) is 0.549. The standard InChI is InChI=1S/C17H19N5O3/c23-16(20-6-5-19-4-1-2-12(19)9-20)10-22-17(24)14-8-15-13(3-7-25-15)21(14)11-18-22/h3,7-8,11-12H,1-2,4-6,9-10H2. The number of nitrogens with zero attached hydrogens (tertiary/aromatic N) is 5. The molecule has 0 N–H and O–H groups in total. The molecular weight excluding hydrogens is 322 g/mol. The van der Waals surface area contributed by atoms with Crippen LogP contribution in [0.25, 0.3) is 16.6 Å². The Labute approximate surface area is 143 Å². The fraction of sp³-hybridized carbons (Fsp3) is 0.471. The van der Waals surface area contributed by atoms with Crippen molar-refractivity contribution >= 4 is 22.5 Å². The van der Waals surface area contributed by atoms with E-state index in [1.54, 1.807) is 29.1 Å². The lowest BCUT2D eigenvalue weighted by Gasteiger charge is -2.37. The maximum absolute atomic E-state index is 12.7. The molecule has 0 spiro atoms. The highest BCUT2D eigenvalue weighted by atomic mass is 16.3. The number of aromatic nitrogens is 3. The van der Waals surface area contributed by atoms with E-state index in [9.17, 15) is 9.59 Å². The van der Waals surface area contributed by atoms with Gasteiger partial charge in [-0.15, -0.1) is 0 Å². The highest BCUT2D eigenvalue weighted by Gasteiger charge is 2.32. The van der Waals surface area contributed by atoms with Crippen LogP contribution in [0, 0.1) is 0 Å². The molecule has 2 fully saturated rings. The van der Waals surface area contributed by atoms with Crippen LogP contribution in [-0.4, -0.2) is 62.1 Å². The number of furan rings is 1. The van der Waals surface area contributed by atoms with Crippen molar-refractivity contribution in [1.82, 2.24) is 24.0 Å². The van der Waals surface area contributed by atoms with E-state index in [4.69, 9.17) is 4.42 Å². The lowest BCUT2D eigenvalue weighted by Crippen LogP contribution is -2.53. The van der Waals surface area contributed by atoms with E-state index in [-0.39, 0.29) is 18.0 Å². The number of carbonyl (C=O) groups excluding carboxylic acids is 1. The predicted molar refractivity (Wildman–Crippen MR) is 90.4 cm³/mol. The van der Waals surface area contributed by atoms with Crippen LogP contribution in [0.5, 0.6) is 0 Å². The van der Waals surface area contributed by atoms with Gasteiger partial charge in [-0.25, -0.2) is 4.68 Å². The van der Waals surface area contributed by atoms with Crippen LogP contribution in [0.15, 0.2) is 33.9 Å². The van der Waals surface area contributed by atoms with Gasteiger partial charge in [-0.2, -0.15) is 5.10 Å². The van der Waals surface area contributed by atoms with Gasteiger partial charge in [-0.1, -0.05) is 0 Å². The molecule has 8 nitrogen and oxygen atoms in total. The van der Waals surface area contributed by atoms with Gasteiger partial charge in [0.15, 0.2) is 5.58 Å². The largest absolute Gasteiger partial charge is 0.463 e. The molecule has 5 heterocycles. The van der Waals surface area contributed by atoms with Gasteiger partial charge in [-0.3, -0.25) is 18.9 Å². The summed E-state index contributed by atoms with van der Waals surface area (Å²) in [6.07, 6.45) is 5.50. The minimum atomic E-state index is -0.276. The average molecular weight is 341 g/mol. The van der Waals surface area contributed by atoms with Gasteiger partial charge >= 0.3 is 0 Å². The normalized spacial score (nSPS) is 21.3. The molecular formula is C17H19N5O3. The summed E-state index contributed by atoms with van der Waals surface area (Å²) in [4.78, 5) is 29.6. The van der Waals surface area contributed by atoms with Crippen molar-refractivity contribution in [3.8, 4) is 0 Å². The first-order valence-corrected chi connectivity index (χ1v) is 8.67. The first-order valence-electron chi connectivity index (χ1n) is 8.67. The van der Waals surface area contributed by atoms with Crippen LogP contribution in [0.4, 0.5) is 0 Å². The van der Waals surface area contributed by atoms with E-state index >= 15 is 0 Å².